The van der Waals surface area contributed by atoms with Crippen LogP contribution in [0.3, 0.4) is 0 Å². The smallest absolute Gasteiger partial charge is 0.255 e. The van der Waals surface area contributed by atoms with Crippen LogP contribution in [0.25, 0.3) is 22.4 Å². The lowest BCUT2D eigenvalue weighted by Gasteiger charge is -2.05. The third-order valence-corrected chi connectivity index (χ3v) is 3.75. The molecule has 1 N–H and O–H groups in total. The van der Waals surface area contributed by atoms with Gasteiger partial charge < -0.3 is 9.52 Å². The molecule has 0 radical (unpaired) electrons. The predicted molar refractivity (Wildman–Crippen MR) is 80.8 cm³/mol. The SMILES string of the molecule is CCn1nc2c(=O)c(O)c(-c3ccccc3Cl)oc2c1C. The van der Waals surface area contributed by atoms with Crippen LogP contribution in [0.5, 0.6) is 5.75 Å². The number of hydrogen-bond acceptors (Lipinski definition) is 4. The van der Waals surface area contributed by atoms with Crippen LogP contribution in [0.15, 0.2) is 33.5 Å². The molecule has 2 heterocycles. The Kier molecular flexibility index (Phi) is 3.22. The van der Waals surface area contributed by atoms with Crippen molar-refractivity contribution in [1.82, 2.24) is 9.78 Å². The number of aromatic hydroxyl groups is 1. The molecule has 1 aromatic carbocycles. The largest absolute Gasteiger partial charge is 0.501 e. The van der Waals surface area contributed by atoms with Gasteiger partial charge in [-0.2, -0.15) is 5.10 Å². The van der Waals surface area contributed by atoms with Crippen molar-refractivity contribution in [2.75, 3.05) is 0 Å². The van der Waals surface area contributed by atoms with Gasteiger partial charge in [-0.3, -0.25) is 9.48 Å². The molecular formula is C15H13ClN2O3. The van der Waals surface area contributed by atoms with E-state index >= 15 is 0 Å². The molecule has 0 fully saturated rings. The highest BCUT2D eigenvalue weighted by molar-refractivity contribution is 6.33. The molecule has 21 heavy (non-hydrogen) atoms. The summed E-state index contributed by atoms with van der Waals surface area (Å²) in [5.41, 5.74) is 1.15. The highest BCUT2D eigenvalue weighted by Gasteiger charge is 2.21. The molecule has 5 nitrogen and oxygen atoms in total. The number of fused-ring (bicyclic) bond motifs is 1. The van der Waals surface area contributed by atoms with Crippen LogP contribution in [0, 0.1) is 6.92 Å². The first-order chi connectivity index (χ1) is 10.0. The van der Waals surface area contributed by atoms with E-state index < -0.39 is 11.2 Å². The molecule has 2 aromatic heterocycles. The molecule has 0 atom stereocenters. The Balaban J connectivity index is 2.40. The van der Waals surface area contributed by atoms with E-state index in [1.54, 1.807) is 28.9 Å². The van der Waals surface area contributed by atoms with Gasteiger partial charge in [-0.15, -0.1) is 0 Å². The van der Waals surface area contributed by atoms with Crippen molar-refractivity contribution >= 4 is 22.7 Å². The Bertz CT molecular complexity index is 896. The van der Waals surface area contributed by atoms with Crippen LogP contribution in [0.4, 0.5) is 0 Å². The van der Waals surface area contributed by atoms with E-state index in [9.17, 15) is 9.90 Å². The van der Waals surface area contributed by atoms with E-state index in [2.05, 4.69) is 5.10 Å². The normalized spacial score (nSPS) is 11.2. The van der Waals surface area contributed by atoms with E-state index in [-0.39, 0.29) is 11.3 Å². The van der Waals surface area contributed by atoms with Gasteiger partial charge in [-0.05, 0) is 26.0 Å². The highest BCUT2D eigenvalue weighted by Crippen LogP contribution is 2.34. The van der Waals surface area contributed by atoms with Gasteiger partial charge in [0.15, 0.2) is 16.9 Å². The van der Waals surface area contributed by atoms with Crippen LogP contribution in [0.2, 0.25) is 5.02 Å². The summed E-state index contributed by atoms with van der Waals surface area (Å²) in [7, 11) is 0. The molecule has 0 aliphatic rings. The molecule has 0 aliphatic heterocycles. The first kappa shape index (κ1) is 13.7. The van der Waals surface area contributed by atoms with Gasteiger partial charge in [-0.25, -0.2) is 0 Å². The second-order valence-corrected chi connectivity index (χ2v) is 5.07. The predicted octanol–water partition coefficient (Wildman–Crippen LogP) is 3.34. The van der Waals surface area contributed by atoms with E-state index in [0.717, 1.165) is 5.69 Å². The maximum absolute atomic E-state index is 12.3. The van der Waals surface area contributed by atoms with E-state index in [1.165, 1.54) is 0 Å². The van der Waals surface area contributed by atoms with Crippen molar-refractivity contribution in [3.63, 3.8) is 0 Å². The van der Waals surface area contributed by atoms with Crippen LogP contribution >= 0.6 is 11.6 Å². The molecule has 108 valence electrons. The van der Waals surface area contributed by atoms with Crippen molar-refractivity contribution in [1.29, 1.82) is 0 Å². The molecule has 0 unspecified atom stereocenters. The van der Waals surface area contributed by atoms with E-state index in [4.69, 9.17) is 16.0 Å². The molecule has 6 heteroatoms. The molecule has 0 saturated carbocycles. The average molecular weight is 305 g/mol. The van der Waals surface area contributed by atoms with Crippen LogP contribution < -0.4 is 5.43 Å². The number of rotatable bonds is 2. The number of aromatic nitrogens is 2. The summed E-state index contributed by atoms with van der Waals surface area (Å²) in [5, 5.41) is 14.7. The highest BCUT2D eigenvalue weighted by atomic mass is 35.5. The maximum atomic E-state index is 12.3. The minimum atomic E-state index is -0.554. The summed E-state index contributed by atoms with van der Waals surface area (Å²) in [4.78, 5) is 12.3. The molecule has 3 aromatic rings. The fourth-order valence-electron chi connectivity index (χ4n) is 2.30. The minimum Gasteiger partial charge on any atom is -0.501 e. The fraction of sp³-hybridized carbons (Fsp3) is 0.200. The summed E-state index contributed by atoms with van der Waals surface area (Å²) in [5.74, 6) is -0.409. The van der Waals surface area contributed by atoms with Gasteiger partial charge in [0.05, 0.1) is 10.7 Å². The average Bonchev–Trinajstić information content (AvgIpc) is 2.80. The number of nitrogens with zero attached hydrogens (tertiary/aromatic N) is 2. The first-order valence-electron chi connectivity index (χ1n) is 6.52. The number of hydrogen-bond donors (Lipinski definition) is 1. The molecule has 0 spiro atoms. The van der Waals surface area contributed by atoms with Crippen molar-refractivity contribution in [3.8, 4) is 17.1 Å². The Morgan fingerprint density at radius 1 is 1.38 bits per heavy atom. The lowest BCUT2D eigenvalue weighted by atomic mass is 10.1. The summed E-state index contributed by atoms with van der Waals surface area (Å²) in [6.45, 7) is 4.34. The second-order valence-electron chi connectivity index (χ2n) is 4.67. The van der Waals surface area contributed by atoms with Crippen molar-refractivity contribution < 1.29 is 9.52 Å². The second kappa shape index (κ2) is 4.93. The summed E-state index contributed by atoms with van der Waals surface area (Å²) in [6, 6.07) is 6.88. The molecule has 0 aliphatic carbocycles. The van der Waals surface area contributed by atoms with E-state index in [0.29, 0.717) is 22.7 Å². The number of aryl methyl sites for hydroxylation is 2. The third-order valence-electron chi connectivity index (χ3n) is 3.42. The lowest BCUT2D eigenvalue weighted by molar-refractivity contribution is 0.449. The monoisotopic (exact) mass is 304 g/mol. The van der Waals surface area contributed by atoms with E-state index in [1.807, 2.05) is 13.8 Å². The third kappa shape index (κ3) is 2.01. The van der Waals surface area contributed by atoms with Crippen molar-refractivity contribution in [3.05, 3.63) is 45.2 Å². The maximum Gasteiger partial charge on any atom is 0.255 e. The van der Waals surface area contributed by atoms with Crippen LogP contribution in [0.1, 0.15) is 12.6 Å². The standard InChI is InChI=1S/C15H13ClN2O3/c1-3-18-8(2)14-11(17-18)12(19)13(20)15(21-14)9-6-4-5-7-10(9)16/h4-7,20H,3H2,1-2H3. The summed E-state index contributed by atoms with van der Waals surface area (Å²) < 4.78 is 7.39. The van der Waals surface area contributed by atoms with Gasteiger partial charge in [0.2, 0.25) is 5.75 Å². The molecule has 0 bridgehead atoms. The zero-order valence-electron chi connectivity index (χ0n) is 11.6. The first-order valence-corrected chi connectivity index (χ1v) is 6.90. The number of halogens is 1. The molecule has 0 saturated heterocycles. The molecular weight excluding hydrogens is 292 g/mol. The zero-order valence-corrected chi connectivity index (χ0v) is 12.3. The zero-order chi connectivity index (χ0) is 15.1. The Hall–Kier alpha value is -2.27. The molecule has 3 rings (SSSR count). The lowest BCUT2D eigenvalue weighted by Crippen LogP contribution is -2.03. The molecule has 0 amide bonds. The quantitative estimate of drug-likeness (QED) is 0.788. The summed E-state index contributed by atoms with van der Waals surface area (Å²) in [6.07, 6.45) is 0. The summed E-state index contributed by atoms with van der Waals surface area (Å²) >= 11 is 6.11. The van der Waals surface area contributed by atoms with Gasteiger partial charge in [0, 0.05) is 12.1 Å². The minimum absolute atomic E-state index is 0.0665. The van der Waals surface area contributed by atoms with Gasteiger partial charge in [-0.1, -0.05) is 23.7 Å². The Morgan fingerprint density at radius 3 is 2.76 bits per heavy atom. The Morgan fingerprint density at radius 2 is 2.10 bits per heavy atom. The van der Waals surface area contributed by atoms with Crippen molar-refractivity contribution in [2.45, 2.75) is 20.4 Å². The fourth-order valence-corrected chi connectivity index (χ4v) is 2.52. The number of benzene rings is 1. The van der Waals surface area contributed by atoms with Gasteiger partial charge in [0.25, 0.3) is 5.43 Å². The van der Waals surface area contributed by atoms with Crippen molar-refractivity contribution in [2.24, 2.45) is 0 Å². The van der Waals surface area contributed by atoms with Gasteiger partial charge >= 0.3 is 0 Å². The van der Waals surface area contributed by atoms with Crippen LogP contribution in [-0.4, -0.2) is 14.9 Å². The topological polar surface area (TPSA) is 68.3 Å². The van der Waals surface area contributed by atoms with Crippen LogP contribution in [-0.2, 0) is 6.54 Å². The van der Waals surface area contributed by atoms with Gasteiger partial charge in [0.1, 0.15) is 0 Å². The Labute approximate surface area is 125 Å².